The number of benzene rings is 1. The Morgan fingerprint density at radius 1 is 1.35 bits per heavy atom. The lowest BCUT2D eigenvalue weighted by Crippen LogP contribution is -2.12. The molecule has 1 aromatic carbocycles. The van der Waals surface area contributed by atoms with Crippen molar-refractivity contribution in [2.24, 2.45) is 7.05 Å². The van der Waals surface area contributed by atoms with Crippen molar-refractivity contribution in [3.63, 3.8) is 0 Å². The number of nitrogens with zero attached hydrogens (tertiary/aromatic N) is 2. The number of halogens is 3. The number of hydrogen-bond donors (Lipinski definition) is 0. The van der Waals surface area contributed by atoms with Gasteiger partial charge in [0.15, 0.2) is 5.78 Å². The average molecular weight is 242 g/mol. The maximum Gasteiger partial charge on any atom is 0.449 e. The molecule has 1 heterocycles. The molecule has 3 nitrogen and oxygen atoms in total. The van der Waals surface area contributed by atoms with E-state index in [9.17, 15) is 18.0 Å². The van der Waals surface area contributed by atoms with E-state index in [-0.39, 0.29) is 11.3 Å². The van der Waals surface area contributed by atoms with Gasteiger partial charge in [0, 0.05) is 12.6 Å². The smallest absolute Gasteiger partial charge is 0.323 e. The van der Waals surface area contributed by atoms with E-state index in [0.29, 0.717) is 11.1 Å². The second-order valence-electron chi connectivity index (χ2n) is 3.75. The van der Waals surface area contributed by atoms with Crippen LogP contribution < -0.4 is 0 Å². The number of ketones is 1. The first-order chi connectivity index (χ1) is 7.80. The number of rotatable bonds is 1. The van der Waals surface area contributed by atoms with E-state index in [1.165, 1.54) is 32.2 Å². The molecule has 2 rings (SSSR count). The lowest BCUT2D eigenvalue weighted by atomic mass is 10.1. The normalized spacial score (nSPS) is 12.1. The number of imidazole rings is 1. The number of Topliss-reactive ketones (excluding diaryl/α,β-unsaturated/α-hetero) is 1. The molecule has 0 saturated heterocycles. The molecule has 0 unspecified atom stereocenters. The van der Waals surface area contributed by atoms with Gasteiger partial charge >= 0.3 is 6.18 Å². The first-order valence-corrected chi connectivity index (χ1v) is 4.85. The number of alkyl halides is 3. The number of fused-ring (bicyclic) bond motifs is 1. The van der Waals surface area contributed by atoms with E-state index in [1.54, 1.807) is 0 Å². The van der Waals surface area contributed by atoms with Gasteiger partial charge in [0.2, 0.25) is 5.82 Å². The second-order valence-corrected chi connectivity index (χ2v) is 3.75. The van der Waals surface area contributed by atoms with Crippen molar-refractivity contribution in [3.05, 3.63) is 29.6 Å². The monoisotopic (exact) mass is 242 g/mol. The fourth-order valence-electron chi connectivity index (χ4n) is 1.67. The fourth-order valence-corrected chi connectivity index (χ4v) is 1.67. The summed E-state index contributed by atoms with van der Waals surface area (Å²) in [4.78, 5) is 14.6. The van der Waals surface area contributed by atoms with Crippen LogP contribution in [0.25, 0.3) is 11.0 Å². The zero-order chi connectivity index (χ0) is 12.8. The molecule has 0 spiro atoms. The van der Waals surface area contributed by atoms with Crippen molar-refractivity contribution in [1.82, 2.24) is 9.55 Å². The zero-order valence-corrected chi connectivity index (χ0v) is 9.17. The van der Waals surface area contributed by atoms with Crippen molar-refractivity contribution in [2.75, 3.05) is 0 Å². The molecule has 0 bridgehead atoms. The Labute approximate surface area is 94.9 Å². The number of hydrogen-bond acceptors (Lipinski definition) is 2. The Hall–Kier alpha value is -1.85. The van der Waals surface area contributed by atoms with E-state index in [4.69, 9.17) is 0 Å². The minimum Gasteiger partial charge on any atom is -0.323 e. The van der Waals surface area contributed by atoms with Crippen LogP contribution in [0.2, 0.25) is 0 Å². The molecule has 0 aliphatic rings. The standard InChI is InChI=1S/C11H9F3N2O/c1-6(17)7-3-4-9-8(5-7)15-10(16(9)2)11(12,13)14/h3-5H,1-2H3. The summed E-state index contributed by atoms with van der Waals surface area (Å²) in [5.41, 5.74) is 0.874. The molecular weight excluding hydrogens is 233 g/mol. The molecule has 90 valence electrons. The number of carbonyl (C=O) groups is 1. The zero-order valence-electron chi connectivity index (χ0n) is 9.17. The largest absolute Gasteiger partial charge is 0.449 e. The van der Waals surface area contributed by atoms with Crippen molar-refractivity contribution in [1.29, 1.82) is 0 Å². The van der Waals surface area contributed by atoms with Crippen LogP contribution in [0.5, 0.6) is 0 Å². The summed E-state index contributed by atoms with van der Waals surface area (Å²) in [5, 5.41) is 0. The van der Waals surface area contributed by atoms with Gasteiger partial charge in [-0.25, -0.2) is 4.98 Å². The molecule has 6 heteroatoms. The van der Waals surface area contributed by atoms with Crippen LogP contribution in [-0.4, -0.2) is 15.3 Å². The van der Waals surface area contributed by atoms with E-state index in [1.807, 2.05) is 0 Å². The molecule has 17 heavy (non-hydrogen) atoms. The highest BCUT2D eigenvalue weighted by molar-refractivity contribution is 5.97. The van der Waals surface area contributed by atoms with Crippen LogP contribution in [0.4, 0.5) is 13.2 Å². The lowest BCUT2D eigenvalue weighted by molar-refractivity contribution is -0.146. The molecule has 0 amide bonds. The second kappa shape index (κ2) is 3.58. The van der Waals surface area contributed by atoms with Gasteiger partial charge in [-0.05, 0) is 25.1 Å². The van der Waals surface area contributed by atoms with Gasteiger partial charge < -0.3 is 4.57 Å². The predicted molar refractivity (Wildman–Crippen MR) is 55.7 cm³/mol. The van der Waals surface area contributed by atoms with Crippen molar-refractivity contribution >= 4 is 16.8 Å². The highest BCUT2D eigenvalue weighted by atomic mass is 19.4. The maximum atomic E-state index is 12.6. The summed E-state index contributed by atoms with van der Waals surface area (Å²) in [7, 11) is 1.30. The van der Waals surface area contributed by atoms with Gasteiger partial charge in [0.25, 0.3) is 0 Å². The Kier molecular flexibility index (Phi) is 2.45. The predicted octanol–water partition coefficient (Wildman–Crippen LogP) is 2.79. The van der Waals surface area contributed by atoms with E-state index in [0.717, 1.165) is 4.57 Å². The van der Waals surface area contributed by atoms with Crippen molar-refractivity contribution in [3.8, 4) is 0 Å². The Morgan fingerprint density at radius 3 is 2.53 bits per heavy atom. The first-order valence-electron chi connectivity index (χ1n) is 4.85. The Morgan fingerprint density at radius 2 is 2.00 bits per heavy atom. The number of aryl methyl sites for hydroxylation is 1. The quantitative estimate of drug-likeness (QED) is 0.721. The van der Waals surface area contributed by atoms with Crippen molar-refractivity contribution < 1.29 is 18.0 Å². The van der Waals surface area contributed by atoms with Crippen LogP contribution in [-0.2, 0) is 13.2 Å². The Bertz CT molecular complexity index is 599. The molecule has 0 aliphatic heterocycles. The van der Waals surface area contributed by atoms with Crippen LogP contribution in [0, 0.1) is 0 Å². The molecule has 0 N–H and O–H groups in total. The molecule has 0 saturated carbocycles. The minimum absolute atomic E-state index is 0.174. The topological polar surface area (TPSA) is 34.9 Å². The van der Waals surface area contributed by atoms with Gasteiger partial charge in [-0.15, -0.1) is 0 Å². The van der Waals surface area contributed by atoms with Gasteiger partial charge in [0.1, 0.15) is 0 Å². The SMILES string of the molecule is CC(=O)c1ccc2c(c1)nc(C(F)(F)F)n2C. The molecular formula is C11H9F3N2O. The third kappa shape index (κ3) is 1.90. The van der Waals surface area contributed by atoms with Crippen LogP contribution in [0.15, 0.2) is 18.2 Å². The van der Waals surface area contributed by atoms with Gasteiger partial charge in [-0.2, -0.15) is 13.2 Å². The van der Waals surface area contributed by atoms with Crippen molar-refractivity contribution in [2.45, 2.75) is 13.1 Å². The highest BCUT2D eigenvalue weighted by Crippen LogP contribution is 2.30. The summed E-state index contributed by atoms with van der Waals surface area (Å²) < 4.78 is 38.8. The minimum atomic E-state index is -4.50. The van der Waals surface area contributed by atoms with Crippen LogP contribution >= 0.6 is 0 Å². The molecule has 0 atom stereocenters. The van der Waals surface area contributed by atoms with E-state index in [2.05, 4.69) is 4.98 Å². The highest BCUT2D eigenvalue weighted by Gasteiger charge is 2.36. The first kappa shape index (κ1) is 11.6. The van der Waals surface area contributed by atoms with Crippen LogP contribution in [0.3, 0.4) is 0 Å². The van der Waals surface area contributed by atoms with Gasteiger partial charge in [-0.3, -0.25) is 4.79 Å². The summed E-state index contributed by atoms with van der Waals surface area (Å²) in [5.74, 6) is -1.17. The molecule has 0 radical (unpaired) electrons. The van der Waals surface area contributed by atoms with Gasteiger partial charge in [0.05, 0.1) is 11.0 Å². The van der Waals surface area contributed by atoms with Crippen LogP contribution in [0.1, 0.15) is 23.1 Å². The maximum absolute atomic E-state index is 12.6. The fraction of sp³-hybridized carbons (Fsp3) is 0.273. The molecule has 0 aliphatic carbocycles. The average Bonchev–Trinajstić information content (AvgIpc) is 2.55. The Balaban J connectivity index is 2.70. The van der Waals surface area contributed by atoms with E-state index >= 15 is 0 Å². The number of aromatic nitrogens is 2. The third-order valence-electron chi connectivity index (χ3n) is 2.54. The van der Waals surface area contributed by atoms with Gasteiger partial charge in [-0.1, -0.05) is 0 Å². The third-order valence-corrected chi connectivity index (χ3v) is 2.54. The lowest BCUT2D eigenvalue weighted by Gasteiger charge is -2.05. The summed E-state index contributed by atoms with van der Waals surface area (Å²) >= 11 is 0. The molecule has 2 aromatic rings. The molecule has 0 fully saturated rings. The molecule has 1 aromatic heterocycles. The number of carbonyl (C=O) groups excluding carboxylic acids is 1. The summed E-state index contributed by atoms with van der Waals surface area (Å²) in [6, 6.07) is 4.33. The summed E-state index contributed by atoms with van der Waals surface area (Å²) in [6.45, 7) is 1.36. The summed E-state index contributed by atoms with van der Waals surface area (Å²) in [6.07, 6.45) is -4.50. The van der Waals surface area contributed by atoms with E-state index < -0.39 is 12.0 Å².